The number of aliphatic hydroxyl groups is 4. The van der Waals surface area contributed by atoms with Gasteiger partial charge in [0.15, 0.2) is 0 Å². The van der Waals surface area contributed by atoms with Gasteiger partial charge in [0.1, 0.15) is 29.9 Å². The van der Waals surface area contributed by atoms with E-state index in [-0.39, 0.29) is 17.3 Å². The maximum Gasteiger partial charge on any atom is 0.132 e. The van der Waals surface area contributed by atoms with Crippen LogP contribution in [0.3, 0.4) is 0 Å². The van der Waals surface area contributed by atoms with Gasteiger partial charge in [-0.2, -0.15) is 0 Å². The predicted octanol–water partition coefficient (Wildman–Crippen LogP) is 0.219. The average molecular weight is 362 g/mol. The zero-order valence-corrected chi connectivity index (χ0v) is 15.3. The SMILES string of the molecule is CC1(C)C[C@@H](NC2CCC2)C[C@@H]1S[C@@H]1O[C@H](CO)[C@H](O)[C@H](O)[C@H]1O. The molecule has 6 nitrogen and oxygen atoms in total. The van der Waals surface area contributed by atoms with E-state index in [1.807, 2.05) is 0 Å². The Bertz CT molecular complexity index is 431. The van der Waals surface area contributed by atoms with E-state index in [9.17, 15) is 20.4 Å². The van der Waals surface area contributed by atoms with Crippen molar-refractivity contribution < 1.29 is 25.2 Å². The lowest BCUT2D eigenvalue weighted by atomic mass is 9.90. The van der Waals surface area contributed by atoms with E-state index in [2.05, 4.69) is 19.2 Å². The van der Waals surface area contributed by atoms with Gasteiger partial charge in [-0.15, -0.1) is 11.8 Å². The second-order valence-electron chi connectivity index (χ2n) is 8.24. The van der Waals surface area contributed by atoms with E-state index in [0.29, 0.717) is 12.1 Å². The van der Waals surface area contributed by atoms with Gasteiger partial charge in [0.05, 0.1) is 6.61 Å². The standard InChI is InChI=1S/C17H31NO5S/c1-17(2)7-10(18-9-4-3-5-9)6-12(17)24-16-15(22)14(21)13(20)11(8-19)23-16/h9-16,18-22H,3-8H2,1-2H3/t10-,11+,12-,13-,14-,15+,16-/m0/s1. The van der Waals surface area contributed by atoms with Crippen molar-refractivity contribution in [3.05, 3.63) is 0 Å². The fourth-order valence-corrected chi connectivity index (χ4v) is 5.70. The molecule has 140 valence electrons. The minimum Gasteiger partial charge on any atom is -0.394 e. The molecule has 5 N–H and O–H groups in total. The summed E-state index contributed by atoms with van der Waals surface area (Å²) < 4.78 is 5.67. The van der Waals surface area contributed by atoms with Gasteiger partial charge < -0.3 is 30.5 Å². The van der Waals surface area contributed by atoms with Gasteiger partial charge >= 0.3 is 0 Å². The monoisotopic (exact) mass is 361 g/mol. The number of hydrogen-bond acceptors (Lipinski definition) is 7. The number of nitrogens with one attached hydrogen (secondary N) is 1. The summed E-state index contributed by atoms with van der Waals surface area (Å²) in [6.07, 6.45) is 1.38. The quantitative estimate of drug-likeness (QED) is 0.477. The van der Waals surface area contributed by atoms with E-state index in [4.69, 9.17) is 4.74 Å². The third-order valence-corrected chi connectivity index (χ3v) is 7.68. The molecule has 1 saturated heterocycles. The molecule has 3 fully saturated rings. The molecule has 2 aliphatic carbocycles. The number of aliphatic hydroxyl groups excluding tert-OH is 4. The molecule has 0 aromatic carbocycles. The minimum atomic E-state index is -1.29. The van der Waals surface area contributed by atoms with Crippen molar-refractivity contribution in [1.29, 1.82) is 0 Å². The highest BCUT2D eigenvalue weighted by atomic mass is 32.2. The van der Waals surface area contributed by atoms with Crippen molar-refractivity contribution >= 4 is 11.8 Å². The van der Waals surface area contributed by atoms with Crippen LogP contribution in [0.15, 0.2) is 0 Å². The highest BCUT2D eigenvalue weighted by molar-refractivity contribution is 8.00. The number of hydrogen-bond donors (Lipinski definition) is 5. The van der Waals surface area contributed by atoms with Gasteiger partial charge in [-0.25, -0.2) is 0 Å². The zero-order valence-electron chi connectivity index (χ0n) is 14.5. The van der Waals surface area contributed by atoms with E-state index in [0.717, 1.165) is 12.8 Å². The van der Waals surface area contributed by atoms with Crippen LogP contribution in [0.4, 0.5) is 0 Å². The maximum absolute atomic E-state index is 10.3. The van der Waals surface area contributed by atoms with Gasteiger partial charge in [-0.3, -0.25) is 0 Å². The molecular weight excluding hydrogens is 330 g/mol. The summed E-state index contributed by atoms with van der Waals surface area (Å²) in [6, 6.07) is 1.13. The minimum absolute atomic E-state index is 0.102. The van der Waals surface area contributed by atoms with E-state index >= 15 is 0 Å². The van der Waals surface area contributed by atoms with Crippen LogP contribution in [-0.4, -0.2) is 74.2 Å². The van der Waals surface area contributed by atoms with Crippen LogP contribution in [0, 0.1) is 5.41 Å². The fourth-order valence-electron chi connectivity index (χ4n) is 4.04. The first-order chi connectivity index (χ1) is 11.3. The Kier molecular flexibility index (Phi) is 5.81. The molecule has 7 atom stereocenters. The van der Waals surface area contributed by atoms with E-state index in [1.165, 1.54) is 31.0 Å². The molecule has 1 heterocycles. The summed E-state index contributed by atoms with van der Waals surface area (Å²) in [5.41, 5.74) is -0.530. The van der Waals surface area contributed by atoms with Crippen LogP contribution in [0.5, 0.6) is 0 Å². The third kappa shape index (κ3) is 3.77. The van der Waals surface area contributed by atoms with Crippen molar-refractivity contribution in [3.63, 3.8) is 0 Å². The van der Waals surface area contributed by atoms with Crippen LogP contribution in [-0.2, 0) is 4.74 Å². The van der Waals surface area contributed by atoms with Crippen molar-refractivity contribution in [2.45, 2.75) is 93.1 Å². The normalized spacial score (nSPS) is 46.0. The molecule has 0 bridgehead atoms. The van der Waals surface area contributed by atoms with Crippen molar-refractivity contribution in [2.75, 3.05) is 6.61 Å². The summed E-state index contributed by atoms with van der Waals surface area (Å²) >= 11 is 1.53. The van der Waals surface area contributed by atoms with Gasteiger partial charge in [0.25, 0.3) is 0 Å². The molecule has 0 amide bonds. The smallest absolute Gasteiger partial charge is 0.132 e. The second-order valence-corrected chi connectivity index (χ2v) is 9.55. The lowest BCUT2D eigenvalue weighted by Gasteiger charge is -2.41. The first kappa shape index (κ1) is 18.9. The Hall–Kier alpha value is 0.110. The van der Waals surface area contributed by atoms with Gasteiger partial charge in [-0.1, -0.05) is 20.3 Å². The predicted molar refractivity (Wildman–Crippen MR) is 92.7 cm³/mol. The molecular formula is C17H31NO5S. The Morgan fingerprint density at radius 1 is 1.08 bits per heavy atom. The molecule has 0 aromatic heterocycles. The molecule has 0 aromatic rings. The summed E-state index contributed by atoms with van der Waals surface area (Å²) in [6.45, 7) is 4.09. The first-order valence-electron chi connectivity index (χ1n) is 9.04. The average Bonchev–Trinajstić information content (AvgIpc) is 2.77. The molecule has 0 spiro atoms. The molecule has 24 heavy (non-hydrogen) atoms. The fraction of sp³-hybridized carbons (Fsp3) is 1.00. The van der Waals surface area contributed by atoms with Gasteiger partial charge in [0, 0.05) is 17.3 Å². The zero-order chi connectivity index (χ0) is 17.5. The third-order valence-electron chi connectivity index (χ3n) is 5.87. The van der Waals surface area contributed by atoms with Gasteiger partial charge in [0.2, 0.25) is 0 Å². The first-order valence-corrected chi connectivity index (χ1v) is 9.98. The Balaban J connectivity index is 1.61. The second kappa shape index (κ2) is 7.39. The van der Waals surface area contributed by atoms with Crippen molar-refractivity contribution in [1.82, 2.24) is 5.32 Å². The van der Waals surface area contributed by atoms with Crippen molar-refractivity contribution in [3.8, 4) is 0 Å². The Morgan fingerprint density at radius 2 is 1.79 bits per heavy atom. The molecule has 0 radical (unpaired) electrons. The highest BCUT2D eigenvalue weighted by Crippen LogP contribution is 2.48. The van der Waals surface area contributed by atoms with Crippen LogP contribution in [0.1, 0.15) is 46.0 Å². The molecule has 3 rings (SSSR count). The number of rotatable bonds is 5. The Labute approximate surface area is 148 Å². The van der Waals surface area contributed by atoms with Crippen LogP contribution in [0.25, 0.3) is 0 Å². The van der Waals surface area contributed by atoms with E-state index in [1.54, 1.807) is 0 Å². The largest absolute Gasteiger partial charge is 0.394 e. The number of thioether (sulfide) groups is 1. The van der Waals surface area contributed by atoms with Crippen LogP contribution >= 0.6 is 11.8 Å². The van der Waals surface area contributed by atoms with Gasteiger partial charge in [-0.05, 0) is 31.1 Å². The molecule has 3 aliphatic rings. The van der Waals surface area contributed by atoms with Crippen LogP contribution in [0.2, 0.25) is 0 Å². The number of ether oxygens (including phenoxy) is 1. The summed E-state index contributed by atoms with van der Waals surface area (Å²) in [4.78, 5) is 0. The summed E-state index contributed by atoms with van der Waals surface area (Å²) in [5, 5.41) is 43.5. The molecule has 2 saturated carbocycles. The van der Waals surface area contributed by atoms with Crippen LogP contribution < -0.4 is 5.32 Å². The van der Waals surface area contributed by atoms with Crippen molar-refractivity contribution in [2.24, 2.45) is 5.41 Å². The van der Waals surface area contributed by atoms with E-state index < -0.39 is 29.9 Å². The molecule has 0 unspecified atom stereocenters. The highest BCUT2D eigenvalue weighted by Gasteiger charge is 2.48. The summed E-state index contributed by atoms with van der Waals surface area (Å²) in [7, 11) is 0. The Morgan fingerprint density at radius 3 is 2.38 bits per heavy atom. The maximum atomic E-state index is 10.3. The lowest BCUT2D eigenvalue weighted by Crippen LogP contribution is -2.58. The molecule has 7 heteroatoms. The topological polar surface area (TPSA) is 102 Å². The summed E-state index contributed by atoms with van der Waals surface area (Å²) in [5.74, 6) is 0. The molecule has 1 aliphatic heterocycles. The lowest BCUT2D eigenvalue weighted by molar-refractivity contribution is -0.205.